The highest BCUT2D eigenvalue weighted by Crippen LogP contribution is 2.41. The number of piperidine rings is 3. The first-order chi connectivity index (χ1) is 17.0. The van der Waals surface area contributed by atoms with E-state index in [0.717, 1.165) is 72.6 Å². The zero-order chi connectivity index (χ0) is 24.3. The Morgan fingerprint density at radius 2 is 1.66 bits per heavy atom. The molecule has 3 fully saturated rings. The summed E-state index contributed by atoms with van der Waals surface area (Å²) in [6, 6.07) is 18.9. The van der Waals surface area contributed by atoms with Crippen molar-refractivity contribution in [2.24, 2.45) is 0 Å². The van der Waals surface area contributed by atoms with E-state index in [1.807, 2.05) is 48.5 Å². The molecular formula is C26H28F2N3O3S+. The fourth-order valence-electron chi connectivity index (χ4n) is 5.01. The van der Waals surface area contributed by atoms with E-state index in [1.165, 1.54) is 0 Å². The minimum Gasteiger partial charge on any atom is -0.488 e. The highest BCUT2D eigenvalue weighted by Gasteiger charge is 2.51. The summed E-state index contributed by atoms with van der Waals surface area (Å²) in [6.45, 7) is 4.34. The molecule has 3 aliphatic heterocycles. The van der Waals surface area contributed by atoms with E-state index in [9.17, 15) is 13.6 Å². The van der Waals surface area contributed by atoms with Crippen molar-refractivity contribution in [3.8, 4) is 16.2 Å². The molecule has 1 aromatic heterocycles. The smallest absolute Gasteiger partial charge is 0.413 e. The number of nitrogens with zero attached hydrogens (tertiary/aromatic N) is 2. The number of halogens is 2. The van der Waals surface area contributed by atoms with Gasteiger partial charge in [0, 0.05) is 19.3 Å². The van der Waals surface area contributed by atoms with Crippen molar-refractivity contribution >= 4 is 23.2 Å². The number of quaternary nitrogens is 1. The zero-order valence-electron chi connectivity index (χ0n) is 19.3. The van der Waals surface area contributed by atoms with Gasteiger partial charge in [0.25, 0.3) is 6.43 Å². The molecule has 9 heteroatoms. The number of rotatable bonds is 8. The maximum absolute atomic E-state index is 13.3. The number of amides is 1. The lowest BCUT2D eigenvalue weighted by atomic mass is 9.81. The number of benzene rings is 2. The third-order valence-corrected chi connectivity index (χ3v) is 8.21. The van der Waals surface area contributed by atoms with Gasteiger partial charge < -0.3 is 14.0 Å². The van der Waals surface area contributed by atoms with Gasteiger partial charge in [-0.25, -0.2) is 18.6 Å². The van der Waals surface area contributed by atoms with Crippen LogP contribution in [-0.2, 0) is 4.74 Å². The molecule has 0 aliphatic carbocycles. The lowest BCUT2D eigenvalue weighted by molar-refractivity contribution is -0.944. The molecule has 3 saturated heterocycles. The molecule has 0 radical (unpaired) electrons. The van der Waals surface area contributed by atoms with E-state index in [4.69, 9.17) is 9.47 Å². The Morgan fingerprint density at radius 3 is 2.29 bits per heavy atom. The SMILES string of the molecule is O=C(Nc1nc(C(F)F)sc1-c1ccccc1)OC12CC[N+](CCOc3ccccc3)(CC1)CC2. The molecule has 3 aromatic rings. The van der Waals surface area contributed by atoms with E-state index < -0.39 is 18.1 Å². The summed E-state index contributed by atoms with van der Waals surface area (Å²) in [5, 5.41) is 2.32. The highest BCUT2D eigenvalue weighted by molar-refractivity contribution is 7.15. The molecule has 0 atom stereocenters. The molecule has 0 saturated carbocycles. The van der Waals surface area contributed by atoms with Crippen LogP contribution in [0, 0.1) is 0 Å². The number of alkyl halides is 2. The van der Waals surface area contributed by atoms with Crippen LogP contribution in [0.2, 0.25) is 0 Å². The number of nitrogens with one attached hydrogen (secondary N) is 1. The summed E-state index contributed by atoms with van der Waals surface area (Å²) in [6.07, 6.45) is -1.02. The van der Waals surface area contributed by atoms with Crippen LogP contribution in [0.3, 0.4) is 0 Å². The summed E-state index contributed by atoms with van der Waals surface area (Å²) in [7, 11) is 0. The molecule has 6 nitrogen and oxygen atoms in total. The summed E-state index contributed by atoms with van der Waals surface area (Å²) in [5.74, 6) is 0.994. The first-order valence-corrected chi connectivity index (χ1v) is 12.6. The molecular weight excluding hydrogens is 472 g/mol. The first-order valence-electron chi connectivity index (χ1n) is 11.8. The molecule has 4 heterocycles. The Balaban J connectivity index is 1.19. The zero-order valence-corrected chi connectivity index (χ0v) is 20.1. The van der Waals surface area contributed by atoms with Crippen molar-refractivity contribution < 1.29 is 27.5 Å². The number of para-hydroxylation sites is 1. The van der Waals surface area contributed by atoms with Gasteiger partial charge in [-0.2, -0.15) is 0 Å². The Kier molecular flexibility index (Phi) is 6.71. The Labute approximate surface area is 207 Å². The van der Waals surface area contributed by atoms with Gasteiger partial charge in [0.15, 0.2) is 10.8 Å². The lowest BCUT2D eigenvalue weighted by Crippen LogP contribution is -2.66. The monoisotopic (exact) mass is 500 g/mol. The first kappa shape index (κ1) is 23.7. The maximum atomic E-state index is 13.3. The average molecular weight is 501 g/mol. The van der Waals surface area contributed by atoms with Crippen molar-refractivity contribution in [1.82, 2.24) is 4.98 Å². The molecule has 2 aromatic carbocycles. The molecule has 0 unspecified atom stereocenters. The van der Waals surface area contributed by atoms with Crippen LogP contribution in [0.1, 0.15) is 30.7 Å². The van der Waals surface area contributed by atoms with Crippen LogP contribution in [0.15, 0.2) is 60.7 Å². The standard InChI is InChI=1S/C26H27F2N3O3S/c27-22(28)24-29-23(21(35-24)19-7-3-1-4-8-19)30-25(32)34-26-11-14-31(15-12-26,16-13-26)17-18-33-20-9-5-2-6-10-20/h1-10,22H,11-18H2/p+1. The van der Waals surface area contributed by atoms with E-state index in [0.29, 0.717) is 11.5 Å². The van der Waals surface area contributed by atoms with Gasteiger partial charge in [-0.1, -0.05) is 48.5 Å². The van der Waals surface area contributed by atoms with E-state index >= 15 is 0 Å². The van der Waals surface area contributed by atoms with Crippen LogP contribution in [0.5, 0.6) is 5.75 Å². The Morgan fingerprint density at radius 1 is 1.03 bits per heavy atom. The molecule has 2 bridgehead atoms. The Hall–Kier alpha value is -3.04. The fourth-order valence-corrected chi connectivity index (χ4v) is 5.90. The van der Waals surface area contributed by atoms with Crippen molar-refractivity contribution in [3.05, 3.63) is 65.7 Å². The molecule has 184 valence electrons. The van der Waals surface area contributed by atoms with Crippen molar-refractivity contribution in [2.45, 2.75) is 31.3 Å². The number of carbonyl (C=O) groups is 1. The van der Waals surface area contributed by atoms with Gasteiger partial charge in [-0.3, -0.25) is 5.32 Å². The predicted molar refractivity (Wildman–Crippen MR) is 131 cm³/mol. The number of fused-ring (bicyclic) bond motifs is 3. The maximum Gasteiger partial charge on any atom is 0.413 e. The number of anilines is 1. The lowest BCUT2D eigenvalue weighted by Gasteiger charge is -2.53. The number of hydrogen-bond acceptors (Lipinski definition) is 5. The van der Waals surface area contributed by atoms with Crippen LogP contribution in [-0.4, -0.2) is 53.9 Å². The number of carbonyl (C=O) groups excluding carboxylic acids is 1. The van der Waals surface area contributed by atoms with Gasteiger partial charge in [0.2, 0.25) is 0 Å². The number of hydrogen-bond donors (Lipinski definition) is 1. The van der Waals surface area contributed by atoms with Gasteiger partial charge in [-0.05, 0) is 17.7 Å². The largest absolute Gasteiger partial charge is 0.488 e. The van der Waals surface area contributed by atoms with Gasteiger partial charge in [-0.15, -0.1) is 11.3 Å². The molecule has 35 heavy (non-hydrogen) atoms. The van der Waals surface area contributed by atoms with E-state index in [2.05, 4.69) is 10.3 Å². The van der Waals surface area contributed by atoms with E-state index in [1.54, 1.807) is 12.1 Å². The van der Waals surface area contributed by atoms with Crippen LogP contribution >= 0.6 is 11.3 Å². The molecule has 1 N–H and O–H groups in total. The number of aromatic nitrogens is 1. The minimum absolute atomic E-state index is 0.118. The number of ether oxygens (including phenoxy) is 2. The van der Waals surface area contributed by atoms with Crippen molar-refractivity contribution in [2.75, 3.05) is 38.1 Å². The summed E-state index contributed by atoms with van der Waals surface area (Å²) >= 11 is 0.881. The Bertz CT molecular complexity index is 1130. The predicted octanol–water partition coefficient (Wildman–Crippen LogP) is 6.13. The molecule has 3 aliphatic rings. The summed E-state index contributed by atoms with van der Waals surface area (Å²) < 4.78 is 39.5. The second-order valence-corrected chi connectivity index (χ2v) is 10.3. The van der Waals surface area contributed by atoms with Crippen molar-refractivity contribution in [1.29, 1.82) is 0 Å². The summed E-state index contributed by atoms with van der Waals surface area (Å²) in [4.78, 5) is 17.3. The van der Waals surface area contributed by atoms with Crippen LogP contribution in [0.4, 0.5) is 19.4 Å². The van der Waals surface area contributed by atoms with Crippen LogP contribution in [0.25, 0.3) is 10.4 Å². The molecule has 1 amide bonds. The normalized spacial score (nSPS) is 23.3. The molecule has 0 spiro atoms. The fraction of sp³-hybridized carbons (Fsp3) is 0.385. The topological polar surface area (TPSA) is 60.5 Å². The van der Waals surface area contributed by atoms with Crippen LogP contribution < -0.4 is 10.1 Å². The second-order valence-electron chi connectivity index (χ2n) is 9.24. The van der Waals surface area contributed by atoms with Gasteiger partial charge in [0.1, 0.15) is 24.5 Å². The average Bonchev–Trinajstić information content (AvgIpc) is 3.30. The summed E-state index contributed by atoms with van der Waals surface area (Å²) in [5.41, 5.74) is 0.208. The molecule has 6 rings (SSSR count). The van der Waals surface area contributed by atoms with E-state index in [-0.39, 0.29) is 10.8 Å². The van der Waals surface area contributed by atoms with Gasteiger partial charge in [0.05, 0.1) is 24.5 Å². The third kappa shape index (κ3) is 5.31. The van der Waals surface area contributed by atoms with Gasteiger partial charge >= 0.3 is 6.09 Å². The minimum atomic E-state index is -2.71. The van der Waals surface area contributed by atoms with Crippen molar-refractivity contribution in [3.63, 3.8) is 0 Å². The second kappa shape index (κ2) is 9.91. The highest BCUT2D eigenvalue weighted by atomic mass is 32.1. The number of thiazole rings is 1. The third-order valence-electron chi connectivity index (χ3n) is 7.10. The quantitative estimate of drug-likeness (QED) is 0.378.